The molecule has 108 valence electrons. The Morgan fingerprint density at radius 3 is 2.71 bits per heavy atom. The third-order valence-corrected chi connectivity index (χ3v) is 4.35. The van der Waals surface area contributed by atoms with Crippen LogP contribution in [0, 0.1) is 12.7 Å². The lowest BCUT2D eigenvalue weighted by molar-refractivity contribution is 0.569. The Morgan fingerprint density at radius 2 is 1.95 bits per heavy atom. The number of nitrogens with one attached hydrogen (secondary N) is 2. The number of sulfonamides is 1. The molecule has 0 saturated carbocycles. The Balaban J connectivity index is 2.01. The van der Waals surface area contributed by atoms with Gasteiger partial charge in [-0.15, -0.1) is 0 Å². The predicted octanol–water partition coefficient (Wildman–Crippen LogP) is 2.81. The zero-order valence-electron chi connectivity index (χ0n) is 11.1. The summed E-state index contributed by atoms with van der Waals surface area (Å²) in [7, 11) is -4.03. The van der Waals surface area contributed by atoms with Crippen molar-refractivity contribution in [1.29, 1.82) is 0 Å². The molecule has 2 aromatic carbocycles. The highest BCUT2D eigenvalue weighted by atomic mass is 32.2. The highest BCUT2D eigenvalue weighted by molar-refractivity contribution is 7.92. The van der Waals surface area contributed by atoms with Crippen LogP contribution in [0.1, 0.15) is 5.56 Å². The van der Waals surface area contributed by atoms with E-state index in [0.717, 1.165) is 6.07 Å². The van der Waals surface area contributed by atoms with Crippen molar-refractivity contribution in [3.63, 3.8) is 0 Å². The first-order valence-corrected chi connectivity index (χ1v) is 7.68. The molecule has 0 amide bonds. The first kappa shape index (κ1) is 13.6. The molecule has 1 heterocycles. The summed E-state index contributed by atoms with van der Waals surface area (Å²) in [4.78, 5) is 6.54. The summed E-state index contributed by atoms with van der Waals surface area (Å²) >= 11 is 0. The molecule has 5 nitrogen and oxygen atoms in total. The molecule has 0 aliphatic heterocycles. The van der Waals surface area contributed by atoms with Gasteiger partial charge >= 0.3 is 0 Å². The summed E-state index contributed by atoms with van der Waals surface area (Å²) in [6.45, 7) is 1.69. The fourth-order valence-electron chi connectivity index (χ4n) is 2.00. The van der Waals surface area contributed by atoms with Gasteiger partial charge in [-0.25, -0.2) is 22.5 Å². The van der Waals surface area contributed by atoms with Gasteiger partial charge in [0.2, 0.25) is 5.95 Å². The maximum absolute atomic E-state index is 13.7. The normalized spacial score (nSPS) is 11.7. The van der Waals surface area contributed by atoms with Gasteiger partial charge in [0, 0.05) is 0 Å². The van der Waals surface area contributed by atoms with Crippen LogP contribution in [0.2, 0.25) is 0 Å². The Bertz CT molecular complexity index is 886. The second kappa shape index (κ2) is 4.85. The van der Waals surface area contributed by atoms with Crippen LogP contribution in [0.25, 0.3) is 11.0 Å². The lowest BCUT2D eigenvalue weighted by Crippen LogP contribution is -2.15. The molecule has 0 aliphatic carbocycles. The van der Waals surface area contributed by atoms with E-state index in [0.29, 0.717) is 16.6 Å². The first-order chi connectivity index (χ1) is 9.95. The number of rotatable bonds is 3. The van der Waals surface area contributed by atoms with Crippen LogP contribution in [0.15, 0.2) is 47.4 Å². The quantitative estimate of drug-likeness (QED) is 0.781. The summed E-state index contributed by atoms with van der Waals surface area (Å²) in [6.07, 6.45) is 0. The molecule has 3 aromatic rings. The number of anilines is 1. The van der Waals surface area contributed by atoms with Gasteiger partial charge in [0.15, 0.2) is 0 Å². The van der Waals surface area contributed by atoms with E-state index in [1.54, 1.807) is 31.2 Å². The van der Waals surface area contributed by atoms with E-state index in [1.165, 1.54) is 12.1 Å². The summed E-state index contributed by atoms with van der Waals surface area (Å²) < 4.78 is 40.5. The fraction of sp³-hybridized carbons (Fsp3) is 0.0714. The van der Waals surface area contributed by atoms with Crippen LogP contribution in [-0.2, 0) is 10.0 Å². The average molecular weight is 305 g/mol. The van der Waals surface area contributed by atoms with Crippen LogP contribution in [0.5, 0.6) is 0 Å². The third-order valence-electron chi connectivity index (χ3n) is 3.00. The van der Waals surface area contributed by atoms with Crippen molar-refractivity contribution in [3.8, 4) is 0 Å². The molecule has 0 unspecified atom stereocenters. The molecule has 7 heteroatoms. The number of hydrogen-bond acceptors (Lipinski definition) is 3. The smallest absolute Gasteiger partial charge is 0.267 e. The molecule has 0 saturated heterocycles. The lowest BCUT2D eigenvalue weighted by atomic mass is 10.2. The molecule has 1 aromatic heterocycles. The van der Waals surface area contributed by atoms with E-state index >= 15 is 0 Å². The molecule has 3 rings (SSSR count). The number of H-pyrrole nitrogens is 1. The second-order valence-electron chi connectivity index (χ2n) is 4.64. The van der Waals surface area contributed by atoms with E-state index in [1.807, 2.05) is 0 Å². The Morgan fingerprint density at radius 1 is 1.19 bits per heavy atom. The van der Waals surface area contributed by atoms with Crippen molar-refractivity contribution in [2.75, 3.05) is 4.72 Å². The number of fused-ring (bicyclic) bond motifs is 1. The van der Waals surface area contributed by atoms with Gasteiger partial charge in [-0.2, -0.15) is 0 Å². The molecule has 0 radical (unpaired) electrons. The minimum atomic E-state index is -4.03. The van der Waals surface area contributed by atoms with Crippen LogP contribution >= 0.6 is 0 Å². The van der Waals surface area contributed by atoms with Gasteiger partial charge in [-0.3, -0.25) is 0 Å². The highest BCUT2D eigenvalue weighted by Crippen LogP contribution is 2.20. The van der Waals surface area contributed by atoms with E-state index in [-0.39, 0.29) is 5.95 Å². The third kappa shape index (κ3) is 2.59. The Kier molecular flexibility index (Phi) is 3.13. The van der Waals surface area contributed by atoms with Crippen LogP contribution in [-0.4, -0.2) is 18.4 Å². The van der Waals surface area contributed by atoms with Crippen molar-refractivity contribution in [3.05, 3.63) is 53.8 Å². The molecule has 0 spiro atoms. The maximum Gasteiger partial charge on any atom is 0.267 e. The zero-order valence-corrected chi connectivity index (χ0v) is 11.9. The highest BCUT2D eigenvalue weighted by Gasteiger charge is 2.20. The largest absolute Gasteiger partial charge is 0.323 e. The fourth-order valence-corrected chi connectivity index (χ4v) is 3.13. The monoisotopic (exact) mass is 305 g/mol. The minimum absolute atomic E-state index is 0.0529. The van der Waals surface area contributed by atoms with Gasteiger partial charge < -0.3 is 4.98 Å². The van der Waals surface area contributed by atoms with E-state index in [2.05, 4.69) is 14.7 Å². The topological polar surface area (TPSA) is 74.8 Å². The molecule has 0 bridgehead atoms. The van der Waals surface area contributed by atoms with Gasteiger partial charge in [-0.05, 0) is 36.8 Å². The van der Waals surface area contributed by atoms with Crippen LogP contribution in [0.3, 0.4) is 0 Å². The van der Waals surface area contributed by atoms with Gasteiger partial charge in [0.05, 0.1) is 11.0 Å². The SMILES string of the molecule is Cc1ccc(F)c(S(=O)(=O)Nc2nc3ccccc3[nH]2)c1. The van der Waals surface area contributed by atoms with Crippen molar-refractivity contribution in [1.82, 2.24) is 9.97 Å². The molecule has 2 N–H and O–H groups in total. The predicted molar refractivity (Wildman–Crippen MR) is 78.0 cm³/mol. The van der Waals surface area contributed by atoms with E-state index < -0.39 is 20.7 Å². The molecule has 21 heavy (non-hydrogen) atoms. The van der Waals surface area contributed by atoms with Crippen molar-refractivity contribution in [2.45, 2.75) is 11.8 Å². The summed E-state index contributed by atoms with van der Waals surface area (Å²) in [5, 5.41) is 0. The standard InChI is InChI=1S/C14H12FN3O2S/c1-9-6-7-10(15)13(8-9)21(19,20)18-14-16-11-4-2-3-5-12(11)17-14/h2-8H,1H3,(H2,16,17,18). The number of aryl methyl sites for hydroxylation is 1. The summed E-state index contributed by atoms with van der Waals surface area (Å²) in [6, 6.07) is 11.0. The van der Waals surface area contributed by atoms with Crippen molar-refractivity contribution in [2.24, 2.45) is 0 Å². The van der Waals surface area contributed by atoms with Crippen LogP contribution < -0.4 is 4.72 Å². The Hall–Kier alpha value is -2.41. The molecular weight excluding hydrogens is 293 g/mol. The number of nitrogens with zero attached hydrogens (tertiary/aromatic N) is 1. The van der Waals surface area contributed by atoms with E-state index in [4.69, 9.17) is 0 Å². The number of halogens is 1. The van der Waals surface area contributed by atoms with Gasteiger partial charge in [0.1, 0.15) is 10.7 Å². The number of aromatic nitrogens is 2. The first-order valence-electron chi connectivity index (χ1n) is 6.19. The minimum Gasteiger partial charge on any atom is -0.323 e. The maximum atomic E-state index is 13.7. The number of hydrogen-bond donors (Lipinski definition) is 2. The molecule has 0 atom stereocenters. The van der Waals surface area contributed by atoms with Crippen LogP contribution in [0.4, 0.5) is 10.3 Å². The van der Waals surface area contributed by atoms with Crippen molar-refractivity contribution < 1.29 is 12.8 Å². The Labute approximate surface area is 120 Å². The van der Waals surface area contributed by atoms with Gasteiger partial charge in [0.25, 0.3) is 10.0 Å². The number of benzene rings is 2. The second-order valence-corrected chi connectivity index (χ2v) is 6.29. The average Bonchev–Trinajstić information content (AvgIpc) is 2.82. The number of para-hydroxylation sites is 2. The number of imidazole rings is 1. The number of aromatic amines is 1. The van der Waals surface area contributed by atoms with E-state index in [9.17, 15) is 12.8 Å². The van der Waals surface area contributed by atoms with Crippen molar-refractivity contribution >= 4 is 27.0 Å². The molecule has 0 aliphatic rings. The summed E-state index contributed by atoms with van der Waals surface area (Å²) in [5.74, 6) is -0.749. The summed E-state index contributed by atoms with van der Waals surface area (Å²) in [5.41, 5.74) is 1.97. The lowest BCUT2D eigenvalue weighted by Gasteiger charge is -2.07. The molecular formula is C14H12FN3O2S. The zero-order chi connectivity index (χ0) is 15.0. The molecule has 0 fully saturated rings. The van der Waals surface area contributed by atoms with Gasteiger partial charge in [-0.1, -0.05) is 18.2 Å².